The molecule has 0 aliphatic rings. The number of nitro groups is 1. The number of carbonyl (C=O) groups excluding carboxylic acids is 1. The maximum atomic E-state index is 13.5. The number of rotatable bonds is 6. The summed E-state index contributed by atoms with van der Waals surface area (Å²) in [6.45, 7) is 1.63. The molecule has 0 atom stereocenters. The second-order valence-electron chi connectivity index (χ2n) is 6.72. The Morgan fingerprint density at radius 3 is 2.66 bits per heavy atom. The number of nitrogens with one attached hydrogen (secondary N) is 1. The van der Waals surface area contributed by atoms with E-state index in [-0.39, 0.29) is 17.1 Å². The van der Waals surface area contributed by atoms with Gasteiger partial charge in [-0.3, -0.25) is 14.9 Å². The fraction of sp³-hybridized carbons (Fsp3) is 0.0455. The Kier molecular flexibility index (Phi) is 5.58. The summed E-state index contributed by atoms with van der Waals surface area (Å²) in [6.07, 6.45) is 0. The number of hydrogen-bond acceptors (Lipinski definition) is 6. The number of halogens is 1. The minimum atomic E-state index is -0.547. The Morgan fingerprint density at radius 1 is 1.09 bits per heavy atom. The van der Waals surface area contributed by atoms with Crippen molar-refractivity contribution in [1.82, 2.24) is 15.0 Å². The summed E-state index contributed by atoms with van der Waals surface area (Å²) in [5, 5.41) is 21.6. The third kappa shape index (κ3) is 4.29. The number of aromatic nitrogens is 3. The molecule has 1 aromatic heterocycles. The standard InChI is InChI=1S/C22H16FN5O4/c1-14-21(25-26-27(14)16-7-5-8-17(13-16)28(30)31)22(29)24-19-10-2-3-11-20(19)32-18-9-4-6-15(23)12-18/h2-13H,1H3,(H,24,29). The van der Waals surface area contributed by atoms with Gasteiger partial charge in [0.1, 0.15) is 11.6 Å². The van der Waals surface area contributed by atoms with Crippen LogP contribution in [0.2, 0.25) is 0 Å². The Bertz CT molecular complexity index is 1320. The molecule has 0 aliphatic carbocycles. The minimum absolute atomic E-state index is 0.0389. The Hall–Kier alpha value is -4.60. The highest BCUT2D eigenvalue weighted by atomic mass is 19.1. The van der Waals surface area contributed by atoms with Gasteiger partial charge < -0.3 is 10.1 Å². The van der Waals surface area contributed by atoms with Gasteiger partial charge in [0, 0.05) is 18.2 Å². The monoisotopic (exact) mass is 433 g/mol. The first-order chi connectivity index (χ1) is 15.4. The van der Waals surface area contributed by atoms with Gasteiger partial charge >= 0.3 is 0 Å². The van der Waals surface area contributed by atoms with Crippen LogP contribution in [0.25, 0.3) is 5.69 Å². The molecule has 160 valence electrons. The number of ether oxygens (including phenoxy) is 1. The van der Waals surface area contributed by atoms with Crippen LogP contribution in [0, 0.1) is 22.9 Å². The van der Waals surface area contributed by atoms with Crippen LogP contribution >= 0.6 is 0 Å². The van der Waals surface area contributed by atoms with E-state index in [1.165, 1.54) is 41.1 Å². The third-order valence-corrected chi connectivity index (χ3v) is 4.55. The van der Waals surface area contributed by atoms with E-state index in [2.05, 4.69) is 15.6 Å². The van der Waals surface area contributed by atoms with E-state index in [0.717, 1.165) is 0 Å². The molecule has 1 heterocycles. The van der Waals surface area contributed by atoms with Gasteiger partial charge in [0.15, 0.2) is 11.4 Å². The smallest absolute Gasteiger partial charge is 0.278 e. The Labute approximate surface area is 181 Å². The van der Waals surface area contributed by atoms with Crippen molar-refractivity contribution in [3.8, 4) is 17.2 Å². The van der Waals surface area contributed by atoms with Gasteiger partial charge in [-0.2, -0.15) is 0 Å². The summed E-state index contributed by atoms with van der Waals surface area (Å²) < 4.78 is 20.5. The van der Waals surface area contributed by atoms with E-state index in [1.54, 1.807) is 43.3 Å². The van der Waals surface area contributed by atoms with Crippen LogP contribution in [-0.2, 0) is 0 Å². The average Bonchev–Trinajstić information content (AvgIpc) is 3.16. The number of nitrogens with zero attached hydrogens (tertiary/aromatic N) is 4. The molecule has 10 heteroatoms. The maximum absolute atomic E-state index is 13.5. The third-order valence-electron chi connectivity index (χ3n) is 4.55. The maximum Gasteiger partial charge on any atom is 0.278 e. The van der Waals surface area contributed by atoms with E-state index in [0.29, 0.717) is 22.8 Å². The topological polar surface area (TPSA) is 112 Å². The molecule has 0 saturated heterocycles. The number of benzene rings is 3. The predicted octanol–water partition coefficient (Wildman–Crippen LogP) is 4.67. The molecule has 4 aromatic rings. The quantitative estimate of drug-likeness (QED) is 0.349. The molecule has 0 fully saturated rings. The fourth-order valence-corrected chi connectivity index (χ4v) is 3.02. The zero-order chi connectivity index (χ0) is 22.7. The summed E-state index contributed by atoms with van der Waals surface area (Å²) in [5.74, 6) is -0.401. The van der Waals surface area contributed by atoms with E-state index in [9.17, 15) is 19.3 Å². The zero-order valence-electron chi connectivity index (χ0n) is 16.7. The predicted molar refractivity (Wildman–Crippen MR) is 114 cm³/mol. The highest BCUT2D eigenvalue weighted by molar-refractivity contribution is 6.04. The fourth-order valence-electron chi connectivity index (χ4n) is 3.02. The molecule has 0 radical (unpaired) electrons. The van der Waals surface area contributed by atoms with Gasteiger partial charge in [-0.25, -0.2) is 9.07 Å². The minimum Gasteiger partial charge on any atom is -0.455 e. The lowest BCUT2D eigenvalue weighted by Crippen LogP contribution is -2.14. The van der Waals surface area contributed by atoms with Crippen LogP contribution in [0.3, 0.4) is 0 Å². The van der Waals surface area contributed by atoms with E-state index < -0.39 is 16.6 Å². The lowest BCUT2D eigenvalue weighted by molar-refractivity contribution is -0.384. The van der Waals surface area contributed by atoms with E-state index >= 15 is 0 Å². The van der Waals surface area contributed by atoms with Crippen molar-refractivity contribution in [2.24, 2.45) is 0 Å². The highest BCUT2D eigenvalue weighted by Crippen LogP contribution is 2.30. The first-order valence-electron chi connectivity index (χ1n) is 9.43. The van der Waals surface area contributed by atoms with Crippen LogP contribution in [0.1, 0.15) is 16.2 Å². The SMILES string of the molecule is Cc1c(C(=O)Nc2ccccc2Oc2cccc(F)c2)nnn1-c1cccc([N+](=O)[O-])c1. The highest BCUT2D eigenvalue weighted by Gasteiger charge is 2.20. The molecule has 0 saturated carbocycles. The zero-order valence-corrected chi connectivity index (χ0v) is 16.7. The number of anilines is 1. The largest absolute Gasteiger partial charge is 0.455 e. The second-order valence-corrected chi connectivity index (χ2v) is 6.72. The van der Waals surface area contributed by atoms with Crippen LogP contribution < -0.4 is 10.1 Å². The van der Waals surface area contributed by atoms with Gasteiger partial charge in [0.2, 0.25) is 0 Å². The molecule has 9 nitrogen and oxygen atoms in total. The van der Waals surface area contributed by atoms with Gasteiger partial charge in [0.25, 0.3) is 11.6 Å². The van der Waals surface area contributed by atoms with Crippen LogP contribution in [0.4, 0.5) is 15.8 Å². The molecule has 32 heavy (non-hydrogen) atoms. The molecule has 0 aliphatic heterocycles. The summed E-state index contributed by atoms with van der Waals surface area (Å²) in [6, 6.07) is 18.2. The number of hydrogen-bond donors (Lipinski definition) is 1. The van der Waals surface area contributed by atoms with Gasteiger partial charge in [0.05, 0.1) is 22.0 Å². The van der Waals surface area contributed by atoms with Crippen molar-refractivity contribution in [2.45, 2.75) is 6.92 Å². The normalized spacial score (nSPS) is 10.6. The van der Waals surface area contributed by atoms with Gasteiger partial charge in [-0.1, -0.05) is 29.5 Å². The number of amides is 1. The Morgan fingerprint density at radius 2 is 1.88 bits per heavy atom. The van der Waals surface area contributed by atoms with Crippen molar-refractivity contribution in [1.29, 1.82) is 0 Å². The van der Waals surface area contributed by atoms with Crippen LogP contribution in [0.5, 0.6) is 11.5 Å². The van der Waals surface area contributed by atoms with Crippen molar-refractivity contribution in [2.75, 3.05) is 5.32 Å². The molecule has 0 spiro atoms. The molecule has 1 amide bonds. The van der Waals surface area contributed by atoms with Gasteiger partial charge in [-0.05, 0) is 37.3 Å². The van der Waals surface area contributed by atoms with Crippen LogP contribution in [-0.4, -0.2) is 25.8 Å². The summed E-state index contributed by atoms with van der Waals surface area (Å²) in [7, 11) is 0. The van der Waals surface area contributed by atoms with Crippen molar-refractivity contribution < 1.29 is 18.8 Å². The second kappa shape index (κ2) is 8.64. The first-order valence-corrected chi connectivity index (χ1v) is 9.43. The van der Waals surface area contributed by atoms with E-state index in [1.807, 2.05) is 0 Å². The van der Waals surface area contributed by atoms with E-state index in [4.69, 9.17) is 4.74 Å². The lowest BCUT2D eigenvalue weighted by Gasteiger charge is -2.12. The average molecular weight is 433 g/mol. The number of carbonyl (C=O) groups is 1. The molecule has 0 unspecified atom stereocenters. The Balaban J connectivity index is 1.58. The molecular formula is C22H16FN5O4. The summed E-state index contributed by atoms with van der Waals surface area (Å²) in [5.41, 5.74) is 1.08. The first kappa shape index (κ1) is 20.7. The summed E-state index contributed by atoms with van der Waals surface area (Å²) in [4.78, 5) is 23.4. The molecule has 4 rings (SSSR count). The summed E-state index contributed by atoms with van der Waals surface area (Å²) >= 11 is 0. The molecule has 1 N–H and O–H groups in total. The van der Waals surface area contributed by atoms with Crippen molar-refractivity contribution >= 4 is 17.3 Å². The number of non-ortho nitro benzene ring substituents is 1. The molecule has 0 bridgehead atoms. The number of nitro benzene ring substituents is 1. The molecule has 3 aromatic carbocycles. The number of para-hydroxylation sites is 2. The van der Waals surface area contributed by atoms with Crippen LogP contribution in [0.15, 0.2) is 72.8 Å². The molecular weight excluding hydrogens is 417 g/mol. The van der Waals surface area contributed by atoms with Gasteiger partial charge in [-0.15, -0.1) is 5.10 Å². The van der Waals surface area contributed by atoms with Crippen molar-refractivity contribution in [3.05, 3.63) is 100 Å². The lowest BCUT2D eigenvalue weighted by atomic mass is 10.2. The van der Waals surface area contributed by atoms with Crippen molar-refractivity contribution in [3.63, 3.8) is 0 Å².